The maximum absolute atomic E-state index is 12.3. The first-order valence-corrected chi connectivity index (χ1v) is 7.84. The molecule has 2 saturated heterocycles. The van der Waals surface area contributed by atoms with Crippen molar-refractivity contribution in [2.24, 2.45) is 11.1 Å². The number of oxime groups is 1. The lowest BCUT2D eigenvalue weighted by molar-refractivity contribution is -0.133. The number of carbonyl (C=O) groups is 1. The molecule has 2 rings (SSSR count). The van der Waals surface area contributed by atoms with Crippen LogP contribution in [-0.4, -0.2) is 47.5 Å². The fraction of sp³-hybridized carbons (Fsp3) is 0.867. The number of hydrogen-bond acceptors (Lipinski definition) is 4. The third-order valence-corrected chi connectivity index (χ3v) is 4.48. The summed E-state index contributed by atoms with van der Waals surface area (Å²) in [5.74, 6) is 0.429. The topological polar surface area (TPSA) is 62.1 Å². The molecule has 0 radical (unpaired) electrons. The average molecular weight is 282 g/mol. The Labute approximate surface area is 121 Å². The van der Waals surface area contributed by atoms with Crippen LogP contribution in [0, 0.1) is 5.92 Å². The molecule has 5 nitrogen and oxygen atoms in total. The second-order valence-corrected chi connectivity index (χ2v) is 5.81. The van der Waals surface area contributed by atoms with Crippen LogP contribution in [-0.2, 0) is 9.53 Å². The third kappa shape index (κ3) is 3.95. The molecule has 0 aromatic rings. The fourth-order valence-corrected chi connectivity index (χ4v) is 3.12. The van der Waals surface area contributed by atoms with Gasteiger partial charge in [0.25, 0.3) is 0 Å². The first kappa shape index (κ1) is 15.3. The number of hydrogen-bond donors (Lipinski definition) is 1. The summed E-state index contributed by atoms with van der Waals surface area (Å²) < 4.78 is 5.67. The van der Waals surface area contributed by atoms with Crippen molar-refractivity contribution in [3.63, 3.8) is 0 Å². The van der Waals surface area contributed by atoms with Crippen LogP contribution in [0.5, 0.6) is 0 Å². The molecule has 0 saturated carbocycles. The number of amides is 1. The van der Waals surface area contributed by atoms with Gasteiger partial charge in [-0.1, -0.05) is 12.1 Å². The van der Waals surface area contributed by atoms with E-state index >= 15 is 0 Å². The van der Waals surface area contributed by atoms with E-state index in [2.05, 4.69) is 12.1 Å². The monoisotopic (exact) mass is 282 g/mol. The number of rotatable bonds is 4. The van der Waals surface area contributed by atoms with Crippen LogP contribution in [0.3, 0.4) is 0 Å². The Kier molecular flexibility index (Phi) is 5.83. The predicted molar refractivity (Wildman–Crippen MR) is 77.0 cm³/mol. The molecule has 2 heterocycles. The largest absolute Gasteiger partial charge is 0.411 e. The molecule has 0 aromatic heterocycles. The summed E-state index contributed by atoms with van der Waals surface area (Å²) in [5.41, 5.74) is 0.840. The van der Waals surface area contributed by atoms with Gasteiger partial charge in [0.15, 0.2) is 0 Å². The fourth-order valence-electron chi connectivity index (χ4n) is 3.12. The SMILES string of the molecule is CCC1CN(C(=O)CCC2CCCCO2)CCC1=NO. The van der Waals surface area contributed by atoms with Gasteiger partial charge in [-0.25, -0.2) is 0 Å². The lowest BCUT2D eigenvalue weighted by Gasteiger charge is -2.33. The van der Waals surface area contributed by atoms with E-state index in [0.29, 0.717) is 25.9 Å². The summed E-state index contributed by atoms with van der Waals surface area (Å²) in [7, 11) is 0. The molecule has 0 aromatic carbocycles. The van der Waals surface area contributed by atoms with E-state index < -0.39 is 0 Å². The number of carbonyl (C=O) groups excluding carboxylic acids is 1. The molecule has 2 atom stereocenters. The van der Waals surface area contributed by atoms with Crippen molar-refractivity contribution >= 4 is 11.6 Å². The van der Waals surface area contributed by atoms with Crippen LogP contribution in [0.1, 0.15) is 51.9 Å². The summed E-state index contributed by atoms with van der Waals surface area (Å²) in [5, 5.41) is 12.3. The average Bonchev–Trinajstić information content (AvgIpc) is 2.52. The zero-order chi connectivity index (χ0) is 14.4. The van der Waals surface area contributed by atoms with Crippen LogP contribution in [0.25, 0.3) is 0 Å². The highest BCUT2D eigenvalue weighted by atomic mass is 16.5. The molecule has 1 N–H and O–H groups in total. The van der Waals surface area contributed by atoms with Gasteiger partial charge in [-0.05, 0) is 32.1 Å². The first-order valence-electron chi connectivity index (χ1n) is 7.84. The van der Waals surface area contributed by atoms with E-state index in [-0.39, 0.29) is 17.9 Å². The number of likely N-dealkylation sites (tertiary alicyclic amines) is 1. The van der Waals surface area contributed by atoms with E-state index in [1.807, 2.05) is 4.90 Å². The first-order chi connectivity index (χ1) is 9.74. The molecular formula is C15H26N2O3. The van der Waals surface area contributed by atoms with Crippen LogP contribution < -0.4 is 0 Å². The summed E-state index contributed by atoms with van der Waals surface area (Å²) in [6.45, 7) is 4.29. The highest BCUT2D eigenvalue weighted by Crippen LogP contribution is 2.21. The van der Waals surface area contributed by atoms with E-state index in [0.717, 1.165) is 38.0 Å². The van der Waals surface area contributed by atoms with Crippen LogP contribution >= 0.6 is 0 Å². The molecule has 0 aliphatic carbocycles. The Bertz CT molecular complexity index is 351. The standard InChI is InChI=1S/C15H26N2O3/c1-2-12-11-17(9-8-14(12)16-19)15(18)7-6-13-5-3-4-10-20-13/h12-13,19H,2-11H2,1H3. The van der Waals surface area contributed by atoms with E-state index in [1.54, 1.807) is 0 Å². The highest BCUT2D eigenvalue weighted by Gasteiger charge is 2.28. The minimum atomic E-state index is 0.212. The second-order valence-electron chi connectivity index (χ2n) is 5.81. The third-order valence-electron chi connectivity index (χ3n) is 4.48. The second kappa shape index (κ2) is 7.62. The molecule has 114 valence electrons. The Morgan fingerprint density at radius 1 is 1.50 bits per heavy atom. The Balaban J connectivity index is 1.77. The predicted octanol–water partition coefficient (Wildman–Crippen LogP) is 2.42. The van der Waals surface area contributed by atoms with Crippen molar-refractivity contribution < 1.29 is 14.7 Å². The maximum atomic E-state index is 12.3. The quantitative estimate of drug-likeness (QED) is 0.636. The van der Waals surface area contributed by atoms with Crippen molar-refractivity contribution in [3.8, 4) is 0 Å². The van der Waals surface area contributed by atoms with Gasteiger partial charge in [-0.2, -0.15) is 0 Å². The van der Waals surface area contributed by atoms with Gasteiger partial charge in [0.1, 0.15) is 0 Å². The lowest BCUT2D eigenvalue weighted by atomic mass is 9.93. The molecular weight excluding hydrogens is 256 g/mol. The van der Waals surface area contributed by atoms with Crippen LogP contribution in [0.15, 0.2) is 5.16 Å². The highest BCUT2D eigenvalue weighted by molar-refractivity contribution is 5.89. The molecule has 0 bridgehead atoms. The van der Waals surface area contributed by atoms with Gasteiger partial charge in [0, 0.05) is 38.5 Å². The lowest BCUT2D eigenvalue weighted by Crippen LogP contribution is -2.44. The smallest absolute Gasteiger partial charge is 0.222 e. The number of piperidine rings is 1. The summed E-state index contributed by atoms with van der Waals surface area (Å²) in [4.78, 5) is 14.2. The Morgan fingerprint density at radius 2 is 2.35 bits per heavy atom. The zero-order valence-electron chi connectivity index (χ0n) is 12.4. The summed E-state index contributed by atoms with van der Waals surface area (Å²) in [6, 6.07) is 0. The molecule has 2 aliphatic rings. The van der Waals surface area contributed by atoms with Crippen molar-refractivity contribution in [3.05, 3.63) is 0 Å². The molecule has 1 amide bonds. The van der Waals surface area contributed by atoms with E-state index in [9.17, 15) is 4.79 Å². The van der Waals surface area contributed by atoms with Gasteiger partial charge >= 0.3 is 0 Å². The van der Waals surface area contributed by atoms with Gasteiger partial charge < -0.3 is 14.8 Å². The molecule has 0 spiro atoms. The molecule has 2 unspecified atom stereocenters. The van der Waals surface area contributed by atoms with Gasteiger partial charge in [0.05, 0.1) is 11.8 Å². The van der Waals surface area contributed by atoms with Gasteiger partial charge in [-0.3, -0.25) is 4.79 Å². The normalized spacial score (nSPS) is 29.6. The molecule has 2 fully saturated rings. The minimum absolute atomic E-state index is 0.212. The van der Waals surface area contributed by atoms with Crippen molar-refractivity contribution in [2.45, 2.75) is 58.0 Å². The van der Waals surface area contributed by atoms with E-state index in [4.69, 9.17) is 9.94 Å². The van der Waals surface area contributed by atoms with E-state index in [1.165, 1.54) is 6.42 Å². The number of nitrogens with zero attached hydrogens (tertiary/aromatic N) is 2. The van der Waals surface area contributed by atoms with Gasteiger partial charge in [0.2, 0.25) is 5.91 Å². The zero-order valence-corrected chi connectivity index (χ0v) is 12.4. The maximum Gasteiger partial charge on any atom is 0.222 e. The van der Waals surface area contributed by atoms with Crippen LogP contribution in [0.4, 0.5) is 0 Å². The van der Waals surface area contributed by atoms with Gasteiger partial charge in [-0.15, -0.1) is 0 Å². The molecule has 5 heteroatoms. The van der Waals surface area contributed by atoms with Crippen molar-refractivity contribution in [2.75, 3.05) is 19.7 Å². The Hall–Kier alpha value is -1.10. The minimum Gasteiger partial charge on any atom is -0.411 e. The summed E-state index contributed by atoms with van der Waals surface area (Å²) >= 11 is 0. The number of ether oxygens (including phenoxy) is 1. The van der Waals surface area contributed by atoms with Crippen LogP contribution in [0.2, 0.25) is 0 Å². The van der Waals surface area contributed by atoms with Crippen molar-refractivity contribution in [1.29, 1.82) is 0 Å². The Morgan fingerprint density at radius 3 is 3.00 bits per heavy atom. The molecule has 2 aliphatic heterocycles. The summed E-state index contributed by atoms with van der Waals surface area (Å²) in [6.07, 6.45) is 6.75. The molecule has 20 heavy (non-hydrogen) atoms. The van der Waals surface area contributed by atoms with Crippen molar-refractivity contribution in [1.82, 2.24) is 4.90 Å².